The number of benzene rings is 1. The smallest absolute Gasteiger partial charge is 0.0548 e. The van der Waals surface area contributed by atoms with Gasteiger partial charge < -0.3 is 4.90 Å². The van der Waals surface area contributed by atoms with Crippen LogP contribution in [0.15, 0.2) is 72.5 Å². The minimum atomic E-state index is 1.09. The summed E-state index contributed by atoms with van der Waals surface area (Å²) < 4.78 is 0. The second-order valence-electron chi connectivity index (χ2n) is 4.20. The lowest BCUT2D eigenvalue weighted by atomic mass is 10.2. The zero-order chi connectivity index (χ0) is 13.5. The predicted molar refractivity (Wildman–Crippen MR) is 81.3 cm³/mol. The Hall–Kier alpha value is -2.46. The van der Waals surface area contributed by atoms with E-state index in [2.05, 4.69) is 42.2 Å². The van der Waals surface area contributed by atoms with Gasteiger partial charge >= 0.3 is 0 Å². The van der Waals surface area contributed by atoms with Gasteiger partial charge in [-0.2, -0.15) is 0 Å². The third kappa shape index (κ3) is 3.26. The Morgan fingerprint density at radius 2 is 1.84 bits per heavy atom. The molecule has 2 aromatic carbocycles. The summed E-state index contributed by atoms with van der Waals surface area (Å²) in [7, 11) is 0. The first-order chi connectivity index (χ1) is 9.33. The van der Waals surface area contributed by atoms with Crippen LogP contribution in [0, 0.1) is 12.1 Å². The van der Waals surface area contributed by atoms with Crippen LogP contribution in [0.4, 0.5) is 11.4 Å². The van der Waals surface area contributed by atoms with Crippen molar-refractivity contribution in [1.29, 1.82) is 0 Å². The lowest BCUT2D eigenvalue weighted by Gasteiger charge is -2.25. The number of allylic oxidation sites excluding steroid dienone is 4. The van der Waals surface area contributed by atoms with Crippen LogP contribution in [-0.4, -0.2) is 0 Å². The third-order valence-corrected chi connectivity index (χ3v) is 2.80. The van der Waals surface area contributed by atoms with E-state index in [1.54, 1.807) is 0 Å². The van der Waals surface area contributed by atoms with Crippen molar-refractivity contribution >= 4 is 11.4 Å². The van der Waals surface area contributed by atoms with Gasteiger partial charge in [0.15, 0.2) is 0 Å². The highest BCUT2D eigenvalue weighted by Crippen LogP contribution is 2.28. The van der Waals surface area contributed by atoms with Crippen LogP contribution in [0.5, 0.6) is 0 Å². The largest absolute Gasteiger partial charge is 0.314 e. The van der Waals surface area contributed by atoms with Crippen molar-refractivity contribution < 1.29 is 0 Å². The van der Waals surface area contributed by atoms with Gasteiger partial charge in [-0.3, -0.25) is 0 Å². The van der Waals surface area contributed by atoms with E-state index >= 15 is 0 Å². The lowest BCUT2D eigenvalue weighted by molar-refractivity contribution is 1.16. The van der Waals surface area contributed by atoms with Crippen molar-refractivity contribution in [1.82, 2.24) is 0 Å². The third-order valence-electron chi connectivity index (χ3n) is 2.80. The van der Waals surface area contributed by atoms with Gasteiger partial charge in [-0.05, 0) is 44.2 Å². The van der Waals surface area contributed by atoms with Gasteiger partial charge in [0.25, 0.3) is 0 Å². The molecule has 0 saturated heterocycles. The molecule has 0 radical (unpaired) electrons. The van der Waals surface area contributed by atoms with Gasteiger partial charge in [0, 0.05) is 17.5 Å². The second kappa shape index (κ2) is 6.47. The van der Waals surface area contributed by atoms with Crippen molar-refractivity contribution in [2.24, 2.45) is 0 Å². The Kier molecular flexibility index (Phi) is 4.42. The first-order valence-corrected chi connectivity index (χ1v) is 6.35. The molecule has 0 atom stereocenters. The van der Waals surface area contributed by atoms with E-state index in [0.717, 1.165) is 17.1 Å². The Labute approximate surface area is 115 Å². The van der Waals surface area contributed by atoms with Crippen LogP contribution in [0.3, 0.4) is 0 Å². The summed E-state index contributed by atoms with van der Waals surface area (Å²) in [5, 5.41) is 0. The van der Waals surface area contributed by atoms with E-state index in [-0.39, 0.29) is 0 Å². The van der Waals surface area contributed by atoms with Crippen molar-refractivity contribution in [3.8, 4) is 0 Å². The molecule has 1 nitrogen and oxygen atoms in total. The molecule has 0 spiro atoms. The highest BCUT2D eigenvalue weighted by molar-refractivity contribution is 5.67. The monoisotopic (exact) mass is 247 g/mol. The SMILES string of the molecule is C/C=C\C=C(/C)N(c1cc#ccc1)c1ccccc1. The lowest BCUT2D eigenvalue weighted by Crippen LogP contribution is -2.13. The molecular formula is C18H17N. The van der Waals surface area contributed by atoms with Gasteiger partial charge in [-0.25, -0.2) is 0 Å². The molecule has 0 aromatic heterocycles. The van der Waals surface area contributed by atoms with Crippen LogP contribution < -0.4 is 4.90 Å². The van der Waals surface area contributed by atoms with Gasteiger partial charge in [-0.15, -0.1) is 0 Å². The second-order valence-corrected chi connectivity index (χ2v) is 4.20. The minimum Gasteiger partial charge on any atom is -0.314 e. The maximum absolute atomic E-state index is 3.01. The summed E-state index contributed by atoms with van der Waals surface area (Å²) in [6.07, 6.45) is 6.17. The zero-order valence-corrected chi connectivity index (χ0v) is 11.3. The molecule has 0 amide bonds. The molecular weight excluding hydrogens is 230 g/mol. The Morgan fingerprint density at radius 3 is 2.47 bits per heavy atom. The number of hydrogen-bond donors (Lipinski definition) is 0. The molecule has 94 valence electrons. The van der Waals surface area contributed by atoms with E-state index in [9.17, 15) is 0 Å². The van der Waals surface area contributed by atoms with Crippen LogP contribution >= 0.6 is 0 Å². The molecule has 2 rings (SSSR count). The van der Waals surface area contributed by atoms with Crippen molar-refractivity contribution in [2.45, 2.75) is 13.8 Å². The molecule has 0 aliphatic carbocycles. The molecule has 0 saturated carbocycles. The van der Waals surface area contributed by atoms with E-state index < -0.39 is 0 Å². The molecule has 0 fully saturated rings. The maximum atomic E-state index is 3.01. The molecule has 19 heavy (non-hydrogen) atoms. The minimum absolute atomic E-state index is 1.09. The van der Waals surface area contributed by atoms with Crippen molar-refractivity contribution in [2.75, 3.05) is 4.90 Å². The summed E-state index contributed by atoms with van der Waals surface area (Å²) in [4.78, 5) is 2.20. The fourth-order valence-electron chi connectivity index (χ4n) is 1.92. The van der Waals surface area contributed by atoms with Gasteiger partial charge in [0.2, 0.25) is 0 Å². The first kappa shape index (κ1) is 13.0. The standard InChI is InChI=1S/C18H17N/c1-3-4-11-16(2)19(17-12-7-5-8-13-17)18-14-9-6-10-15-18/h3-5,7-9,11-15H,1-2H3/b4-3-,16-11+. The molecule has 0 heterocycles. The van der Waals surface area contributed by atoms with Crippen molar-refractivity contribution in [3.63, 3.8) is 0 Å². The van der Waals surface area contributed by atoms with Crippen molar-refractivity contribution in [3.05, 3.63) is 84.6 Å². The van der Waals surface area contributed by atoms with Crippen LogP contribution in [0.1, 0.15) is 13.8 Å². The van der Waals surface area contributed by atoms with Gasteiger partial charge in [0.05, 0.1) is 5.69 Å². The van der Waals surface area contributed by atoms with Crippen LogP contribution in [0.2, 0.25) is 0 Å². The number of rotatable bonds is 4. The van der Waals surface area contributed by atoms with Gasteiger partial charge in [0.1, 0.15) is 0 Å². The summed E-state index contributed by atoms with van der Waals surface area (Å²) in [6, 6.07) is 22.1. The summed E-state index contributed by atoms with van der Waals surface area (Å²) in [6.45, 7) is 4.12. The fourth-order valence-corrected chi connectivity index (χ4v) is 1.92. The summed E-state index contributed by atoms with van der Waals surface area (Å²) >= 11 is 0. The fraction of sp³-hybridized carbons (Fsp3) is 0.111. The predicted octanol–water partition coefficient (Wildman–Crippen LogP) is 4.90. The molecule has 0 unspecified atom stereocenters. The molecule has 0 bridgehead atoms. The maximum Gasteiger partial charge on any atom is 0.0548 e. The number of hydrogen-bond acceptors (Lipinski definition) is 1. The number of nitrogens with zero attached hydrogens (tertiary/aromatic N) is 1. The zero-order valence-electron chi connectivity index (χ0n) is 11.3. The first-order valence-electron chi connectivity index (χ1n) is 6.35. The molecule has 1 heteroatoms. The highest BCUT2D eigenvalue weighted by Gasteiger charge is 2.09. The van der Waals surface area contributed by atoms with E-state index in [0.29, 0.717) is 0 Å². The Bertz CT molecular complexity index is 513. The molecule has 0 aliphatic heterocycles. The molecule has 2 aromatic rings. The normalized spacial score (nSPS) is 11.4. The van der Waals surface area contributed by atoms with Gasteiger partial charge in [-0.1, -0.05) is 42.5 Å². The highest BCUT2D eigenvalue weighted by atomic mass is 15.1. The van der Waals surface area contributed by atoms with Crippen LogP contribution in [0.25, 0.3) is 0 Å². The van der Waals surface area contributed by atoms with E-state index in [1.807, 2.05) is 55.5 Å². The molecule has 0 N–H and O–H groups in total. The number of para-hydroxylation sites is 1. The van der Waals surface area contributed by atoms with Crippen LogP contribution in [-0.2, 0) is 0 Å². The quantitative estimate of drug-likeness (QED) is 0.694. The average molecular weight is 247 g/mol. The van der Waals surface area contributed by atoms with E-state index in [1.165, 1.54) is 0 Å². The topological polar surface area (TPSA) is 3.24 Å². The molecule has 0 aliphatic rings. The average Bonchev–Trinajstić information content (AvgIpc) is 2.47. The summed E-state index contributed by atoms with van der Waals surface area (Å²) in [5.74, 6) is 0. The van der Waals surface area contributed by atoms with E-state index in [4.69, 9.17) is 0 Å². The summed E-state index contributed by atoms with van der Waals surface area (Å²) in [5.41, 5.74) is 3.38. The number of anilines is 2. The Morgan fingerprint density at radius 1 is 1.05 bits per heavy atom. The Balaban J connectivity index is 2.46.